The molecule has 24 heavy (non-hydrogen) atoms. The van der Waals surface area contributed by atoms with Crippen LogP contribution in [0.2, 0.25) is 5.02 Å². The van der Waals surface area contributed by atoms with Crippen LogP contribution >= 0.6 is 11.6 Å². The summed E-state index contributed by atoms with van der Waals surface area (Å²) in [5, 5.41) is 3.21. The molecule has 1 N–H and O–H groups in total. The second kappa shape index (κ2) is 6.80. The molecule has 2 aromatic carbocycles. The maximum absolute atomic E-state index is 12.4. The van der Waals surface area contributed by atoms with E-state index in [1.165, 1.54) is 0 Å². The third-order valence-electron chi connectivity index (χ3n) is 3.64. The lowest BCUT2D eigenvalue weighted by Gasteiger charge is -2.22. The molecule has 0 fully saturated rings. The van der Waals surface area contributed by atoms with E-state index >= 15 is 0 Å². The van der Waals surface area contributed by atoms with E-state index in [0.29, 0.717) is 47.5 Å². The Labute approximate surface area is 143 Å². The first-order valence-corrected chi connectivity index (χ1v) is 7.68. The Bertz CT molecular complexity index is 794. The van der Waals surface area contributed by atoms with Crippen LogP contribution < -0.4 is 19.7 Å². The lowest BCUT2D eigenvalue weighted by Crippen LogP contribution is -2.34. The molecule has 1 aliphatic rings. The highest BCUT2D eigenvalue weighted by Gasteiger charge is 2.20. The molecule has 0 saturated carbocycles. The van der Waals surface area contributed by atoms with Crippen molar-refractivity contribution in [1.29, 1.82) is 0 Å². The van der Waals surface area contributed by atoms with Crippen LogP contribution in [0.1, 0.15) is 5.56 Å². The zero-order valence-electron chi connectivity index (χ0n) is 12.9. The van der Waals surface area contributed by atoms with Crippen molar-refractivity contribution in [2.24, 2.45) is 0 Å². The Kier molecular flexibility index (Phi) is 4.57. The molecule has 0 aliphatic carbocycles. The summed E-state index contributed by atoms with van der Waals surface area (Å²) in [4.78, 5) is 24.8. The predicted octanol–water partition coefficient (Wildman–Crippen LogP) is 3.61. The van der Waals surface area contributed by atoms with E-state index in [9.17, 15) is 9.59 Å². The van der Waals surface area contributed by atoms with Gasteiger partial charge >= 0.3 is 6.03 Å². The number of anilines is 2. The standard InChI is InChI=1S/C17H15ClN2O4/c1-11-13(18)3-2-4-14(11)19-17(22)20(10-21)12-5-6-15-16(9-12)24-8-7-23-15/h2-6,9-10H,7-8H2,1H3,(H,19,22). The fourth-order valence-electron chi connectivity index (χ4n) is 2.33. The summed E-state index contributed by atoms with van der Waals surface area (Å²) in [6, 6.07) is 9.45. The van der Waals surface area contributed by atoms with Crippen LogP contribution in [-0.4, -0.2) is 25.7 Å². The number of carbonyl (C=O) groups excluding carboxylic acids is 2. The number of rotatable bonds is 3. The van der Waals surface area contributed by atoms with E-state index < -0.39 is 6.03 Å². The van der Waals surface area contributed by atoms with Gasteiger partial charge in [-0.1, -0.05) is 17.7 Å². The molecule has 1 heterocycles. The molecule has 7 heteroatoms. The SMILES string of the molecule is Cc1c(Cl)cccc1NC(=O)N(C=O)c1ccc2c(c1)OCCO2. The summed E-state index contributed by atoms with van der Waals surface area (Å²) >= 11 is 6.04. The Hall–Kier alpha value is -2.73. The largest absolute Gasteiger partial charge is 0.486 e. The average Bonchev–Trinajstić information content (AvgIpc) is 2.59. The summed E-state index contributed by atoms with van der Waals surface area (Å²) < 4.78 is 10.9. The Balaban J connectivity index is 1.84. The third kappa shape index (κ3) is 3.14. The van der Waals surface area contributed by atoms with E-state index in [4.69, 9.17) is 21.1 Å². The van der Waals surface area contributed by atoms with E-state index in [1.54, 1.807) is 43.3 Å². The van der Waals surface area contributed by atoms with Gasteiger partial charge < -0.3 is 14.8 Å². The molecule has 2 aromatic rings. The summed E-state index contributed by atoms with van der Waals surface area (Å²) in [5.74, 6) is 1.08. The molecule has 0 spiro atoms. The number of hydrogen-bond donors (Lipinski definition) is 1. The molecule has 0 saturated heterocycles. The van der Waals surface area contributed by atoms with Crippen LogP contribution in [0, 0.1) is 6.92 Å². The van der Waals surface area contributed by atoms with Gasteiger partial charge in [-0.3, -0.25) is 4.79 Å². The third-order valence-corrected chi connectivity index (χ3v) is 4.05. The number of halogens is 1. The lowest BCUT2D eigenvalue weighted by molar-refractivity contribution is -0.106. The highest BCUT2D eigenvalue weighted by Crippen LogP contribution is 2.34. The number of nitrogens with one attached hydrogen (secondary N) is 1. The highest BCUT2D eigenvalue weighted by atomic mass is 35.5. The minimum atomic E-state index is -0.591. The Morgan fingerprint density at radius 2 is 1.96 bits per heavy atom. The van der Waals surface area contributed by atoms with Crippen LogP contribution in [0.25, 0.3) is 0 Å². The molecule has 1 aliphatic heterocycles. The summed E-state index contributed by atoms with van der Waals surface area (Å²) in [6.07, 6.45) is 0.445. The molecule has 6 nitrogen and oxygen atoms in total. The van der Waals surface area contributed by atoms with Gasteiger partial charge in [0, 0.05) is 16.8 Å². The van der Waals surface area contributed by atoms with Crippen molar-refractivity contribution in [2.75, 3.05) is 23.4 Å². The fourth-order valence-corrected chi connectivity index (χ4v) is 2.50. The van der Waals surface area contributed by atoms with Gasteiger partial charge in [0.1, 0.15) is 13.2 Å². The first-order chi connectivity index (χ1) is 11.6. The summed E-state index contributed by atoms with van der Waals surface area (Å²) in [7, 11) is 0. The van der Waals surface area contributed by atoms with Gasteiger partial charge in [0.05, 0.1) is 5.69 Å². The van der Waals surface area contributed by atoms with Gasteiger partial charge in [-0.2, -0.15) is 0 Å². The van der Waals surface area contributed by atoms with Crippen molar-refractivity contribution < 1.29 is 19.1 Å². The topological polar surface area (TPSA) is 67.9 Å². The van der Waals surface area contributed by atoms with Crippen molar-refractivity contribution in [3.8, 4) is 11.5 Å². The molecular formula is C17H15ClN2O4. The van der Waals surface area contributed by atoms with E-state index in [1.807, 2.05) is 0 Å². The minimum Gasteiger partial charge on any atom is -0.486 e. The molecule has 0 aromatic heterocycles. The number of benzene rings is 2. The zero-order valence-corrected chi connectivity index (χ0v) is 13.7. The summed E-state index contributed by atoms with van der Waals surface area (Å²) in [5.41, 5.74) is 1.64. The number of hydrogen-bond acceptors (Lipinski definition) is 4. The zero-order chi connectivity index (χ0) is 17.1. The molecule has 3 rings (SSSR count). The highest BCUT2D eigenvalue weighted by molar-refractivity contribution is 6.31. The predicted molar refractivity (Wildman–Crippen MR) is 91.2 cm³/mol. The molecule has 124 valence electrons. The van der Waals surface area contributed by atoms with Crippen molar-refractivity contribution in [2.45, 2.75) is 6.92 Å². The van der Waals surface area contributed by atoms with Gasteiger partial charge in [-0.15, -0.1) is 0 Å². The number of ether oxygens (including phenoxy) is 2. The maximum atomic E-state index is 12.4. The second-order valence-corrected chi connectivity index (χ2v) is 5.55. The van der Waals surface area contributed by atoms with Gasteiger partial charge in [-0.05, 0) is 36.8 Å². The first kappa shape index (κ1) is 16.1. The van der Waals surface area contributed by atoms with Gasteiger partial charge in [-0.25, -0.2) is 9.69 Å². The molecule has 0 unspecified atom stereocenters. The lowest BCUT2D eigenvalue weighted by atomic mass is 10.2. The number of amides is 3. The molecule has 0 atom stereocenters. The number of urea groups is 1. The van der Waals surface area contributed by atoms with Crippen molar-refractivity contribution in [1.82, 2.24) is 0 Å². The van der Waals surface area contributed by atoms with Crippen molar-refractivity contribution in [3.63, 3.8) is 0 Å². The van der Waals surface area contributed by atoms with Gasteiger partial charge in [0.2, 0.25) is 6.41 Å². The quantitative estimate of drug-likeness (QED) is 0.862. The van der Waals surface area contributed by atoms with E-state index in [0.717, 1.165) is 10.5 Å². The van der Waals surface area contributed by atoms with Crippen molar-refractivity contribution in [3.05, 3.63) is 47.0 Å². The van der Waals surface area contributed by atoms with E-state index in [2.05, 4.69) is 5.32 Å². The van der Waals surface area contributed by atoms with Crippen LogP contribution in [0.3, 0.4) is 0 Å². The minimum absolute atomic E-state index is 0.381. The second-order valence-electron chi connectivity index (χ2n) is 5.15. The van der Waals surface area contributed by atoms with E-state index in [-0.39, 0.29) is 0 Å². The Morgan fingerprint density at radius 1 is 1.21 bits per heavy atom. The van der Waals surface area contributed by atoms with Gasteiger partial charge in [0.15, 0.2) is 11.5 Å². The first-order valence-electron chi connectivity index (χ1n) is 7.30. The average molecular weight is 347 g/mol. The number of nitrogens with zero attached hydrogens (tertiary/aromatic N) is 1. The molecular weight excluding hydrogens is 332 g/mol. The van der Waals surface area contributed by atoms with Crippen LogP contribution in [-0.2, 0) is 4.79 Å². The number of fused-ring (bicyclic) bond motifs is 1. The van der Waals surface area contributed by atoms with Crippen LogP contribution in [0.15, 0.2) is 36.4 Å². The van der Waals surface area contributed by atoms with Crippen LogP contribution in [0.4, 0.5) is 16.2 Å². The number of imide groups is 1. The molecule has 3 amide bonds. The summed E-state index contributed by atoms with van der Waals surface area (Å²) in [6.45, 7) is 2.68. The van der Waals surface area contributed by atoms with Gasteiger partial charge in [0.25, 0.3) is 0 Å². The number of carbonyl (C=O) groups is 2. The van der Waals surface area contributed by atoms with Crippen LogP contribution in [0.5, 0.6) is 11.5 Å². The maximum Gasteiger partial charge on any atom is 0.332 e. The Morgan fingerprint density at radius 3 is 2.71 bits per heavy atom. The fraction of sp³-hybridized carbons (Fsp3) is 0.176. The molecule has 0 radical (unpaired) electrons. The molecule has 0 bridgehead atoms. The van der Waals surface area contributed by atoms with Crippen molar-refractivity contribution >= 4 is 35.4 Å². The normalized spacial score (nSPS) is 12.4. The monoisotopic (exact) mass is 346 g/mol. The smallest absolute Gasteiger partial charge is 0.332 e.